The first-order valence-corrected chi connectivity index (χ1v) is 7.01. The number of aromatic amines is 1. The Morgan fingerprint density at radius 1 is 1.35 bits per heavy atom. The van der Waals surface area contributed by atoms with Crippen molar-refractivity contribution >= 4 is 27.3 Å². The van der Waals surface area contributed by atoms with Crippen molar-refractivity contribution in [2.45, 2.75) is 13.8 Å². The zero-order valence-electron chi connectivity index (χ0n) is 11.2. The molecular weight excluding hydrogens is 320 g/mol. The van der Waals surface area contributed by atoms with Gasteiger partial charge in [-0.3, -0.25) is 10.2 Å². The molecule has 0 radical (unpaired) electrons. The fourth-order valence-electron chi connectivity index (χ4n) is 1.72. The van der Waals surface area contributed by atoms with Crippen LogP contribution in [0.5, 0.6) is 0 Å². The number of benzene rings is 1. The molecule has 0 saturated carbocycles. The van der Waals surface area contributed by atoms with Gasteiger partial charge < -0.3 is 0 Å². The highest BCUT2D eigenvalue weighted by Gasteiger charge is 2.09. The van der Waals surface area contributed by atoms with Crippen molar-refractivity contribution in [3.8, 4) is 0 Å². The molecule has 104 valence electrons. The minimum atomic E-state index is -0.295. The standard InChI is InChI=1S/C14H15BrN4O/c1-9(2)13(10-6-4-3-5-7-10)18-17-11-8-16-19-14(20)12(11)15/h3-9H,1-2H3,(H2,17,19,20)/b18-13-. The molecule has 0 bridgehead atoms. The van der Waals surface area contributed by atoms with E-state index in [1.54, 1.807) is 0 Å². The molecule has 5 nitrogen and oxygen atoms in total. The summed E-state index contributed by atoms with van der Waals surface area (Å²) < 4.78 is 0.382. The lowest BCUT2D eigenvalue weighted by atomic mass is 10.0. The third-order valence-corrected chi connectivity index (χ3v) is 3.50. The van der Waals surface area contributed by atoms with Gasteiger partial charge in [0.15, 0.2) is 0 Å². The number of nitrogens with zero attached hydrogens (tertiary/aromatic N) is 2. The SMILES string of the molecule is CC(C)/C(=N/Nc1cn[nH]c(=O)c1Br)c1ccccc1. The van der Waals surface area contributed by atoms with Gasteiger partial charge in [-0.15, -0.1) is 0 Å². The van der Waals surface area contributed by atoms with Gasteiger partial charge in [0.25, 0.3) is 5.56 Å². The molecule has 2 rings (SSSR count). The van der Waals surface area contributed by atoms with Crippen molar-refractivity contribution < 1.29 is 0 Å². The van der Waals surface area contributed by atoms with E-state index in [9.17, 15) is 4.79 Å². The lowest BCUT2D eigenvalue weighted by molar-refractivity contribution is 0.880. The normalized spacial score (nSPS) is 11.7. The molecule has 0 atom stereocenters. The number of halogens is 1. The van der Waals surface area contributed by atoms with E-state index in [1.165, 1.54) is 6.20 Å². The number of rotatable bonds is 4. The number of hydrogen-bond acceptors (Lipinski definition) is 4. The van der Waals surface area contributed by atoms with E-state index in [1.807, 2.05) is 30.3 Å². The van der Waals surface area contributed by atoms with Crippen LogP contribution in [0.2, 0.25) is 0 Å². The van der Waals surface area contributed by atoms with Crippen LogP contribution >= 0.6 is 15.9 Å². The Labute approximate surface area is 125 Å². The first-order chi connectivity index (χ1) is 9.59. The number of H-pyrrole nitrogens is 1. The molecule has 1 aromatic carbocycles. The van der Waals surface area contributed by atoms with Crippen LogP contribution in [0.1, 0.15) is 19.4 Å². The van der Waals surface area contributed by atoms with Gasteiger partial charge in [-0.25, -0.2) is 5.10 Å². The van der Waals surface area contributed by atoms with Gasteiger partial charge in [0.1, 0.15) is 4.47 Å². The van der Waals surface area contributed by atoms with Gasteiger partial charge >= 0.3 is 0 Å². The van der Waals surface area contributed by atoms with E-state index in [4.69, 9.17) is 0 Å². The van der Waals surface area contributed by atoms with Crippen molar-refractivity contribution in [3.05, 3.63) is 56.9 Å². The van der Waals surface area contributed by atoms with Crippen LogP contribution in [0.15, 0.2) is 50.9 Å². The third-order valence-electron chi connectivity index (χ3n) is 2.71. The molecule has 20 heavy (non-hydrogen) atoms. The summed E-state index contributed by atoms with van der Waals surface area (Å²) in [6.07, 6.45) is 1.51. The summed E-state index contributed by atoms with van der Waals surface area (Å²) in [5.74, 6) is 0.249. The minimum absolute atomic E-state index is 0.249. The summed E-state index contributed by atoms with van der Waals surface area (Å²) in [4.78, 5) is 11.4. The van der Waals surface area contributed by atoms with Crippen LogP contribution in [-0.4, -0.2) is 15.9 Å². The Balaban J connectivity index is 2.32. The van der Waals surface area contributed by atoms with Crippen LogP contribution < -0.4 is 11.0 Å². The Morgan fingerprint density at radius 2 is 2.05 bits per heavy atom. The van der Waals surface area contributed by atoms with E-state index in [0.717, 1.165) is 11.3 Å². The Hall–Kier alpha value is -1.95. The summed E-state index contributed by atoms with van der Waals surface area (Å²) >= 11 is 3.21. The van der Waals surface area contributed by atoms with E-state index in [0.29, 0.717) is 10.2 Å². The maximum atomic E-state index is 11.4. The second-order valence-corrected chi connectivity index (χ2v) is 5.35. The second kappa shape index (κ2) is 6.47. The molecule has 1 aromatic heterocycles. The van der Waals surface area contributed by atoms with Crippen molar-refractivity contribution in [1.82, 2.24) is 10.2 Å². The lowest BCUT2D eigenvalue weighted by Crippen LogP contribution is -2.14. The molecule has 0 amide bonds. The van der Waals surface area contributed by atoms with Crippen molar-refractivity contribution in [3.63, 3.8) is 0 Å². The Morgan fingerprint density at radius 3 is 2.70 bits per heavy atom. The molecule has 0 aliphatic carbocycles. The topological polar surface area (TPSA) is 70.1 Å². The fraction of sp³-hybridized carbons (Fsp3) is 0.214. The maximum Gasteiger partial charge on any atom is 0.280 e. The van der Waals surface area contributed by atoms with Gasteiger partial charge in [-0.1, -0.05) is 44.2 Å². The average Bonchev–Trinajstić information content (AvgIpc) is 2.44. The lowest BCUT2D eigenvalue weighted by Gasteiger charge is -2.11. The highest BCUT2D eigenvalue weighted by Crippen LogP contribution is 2.16. The van der Waals surface area contributed by atoms with Gasteiger partial charge in [0.2, 0.25) is 0 Å². The number of nitrogens with one attached hydrogen (secondary N) is 2. The molecule has 6 heteroatoms. The van der Waals surface area contributed by atoms with E-state index in [-0.39, 0.29) is 11.5 Å². The molecule has 2 aromatic rings. The first kappa shape index (κ1) is 14.5. The van der Waals surface area contributed by atoms with Crippen LogP contribution in [0.3, 0.4) is 0 Å². The van der Waals surface area contributed by atoms with E-state index < -0.39 is 0 Å². The van der Waals surface area contributed by atoms with Crippen LogP contribution in [0, 0.1) is 5.92 Å². The van der Waals surface area contributed by atoms with Crippen molar-refractivity contribution in [2.75, 3.05) is 5.43 Å². The predicted octanol–water partition coefficient (Wildman–Crippen LogP) is 3.00. The van der Waals surface area contributed by atoms with Gasteiger partial charge in [0.05, 0.1) is 17.6 Å². The molecule has 2 N–H and O–H groups in total. The monoisotopic (exact) mass is 334 g/mol. The zero-order chi connectivity index (χ0) is 14.5. The maximum absolute atomic E-state index is 11.4. The largest absolute Gasteiger partial charge is 0.280 e. The number of anilines is 1. The predicted molar refractivity (Wildman–Crippen MR) is 84.0 cm³/mol. The minimum Gasteiger partial charge on any atom is -0.275 e. The van der Waals surface area contributed by atoms with Gasteiger partial charge in [-0.2, -0.15) is 10.2 Å². The number of hydrogen-bond donors (Lipinski definition) is 2. The molecule has 0 unspecified atom stereocenters. The molecule has 0 saturated heterocycles. The van der Waals surface area contributed by atoms with Crippen molar-refractivity contribution in [2.24, 2.45) is 11.0 Å². The van der Waals surface area contributed by atoms with E-state index >= 15 is 0 Å². The smallest absolute Gasteiger partial charge is 0.275 e. The summed E-state index contributed by atoms with van der Waals surface area (Å²) in [5.41, 5.74) is 5.09. The molecular formula is C14H15BrN4O. The molecule has 0 fully saturated rings. The Bertz CT molecular complexity index is 664. The van der Waals surface area contributed by atoms with Crippen LogP contribution in [0.25, 0.3) is 0 Å². The molecule has 1 heterocycles. The summed E-state index contributed by atoms with van der Waals surface area (Å²) in [6.45, 7) is 4.14. The number of hydrazone groups is 1. The highest BCUT2D eigenvalue weighted by molar-refractivity contribution is 9.10. The van der Waals surface area contributed by atoms with E-state index in [2.05, 4.69) is 50.5 Å². The first-order valence-electron chi connectivity index (χ1n) is 6.21. The molecule has 0 aliphatic rings. The fourth-order valence-corrected chi connectivity index (χ4v) is 2.00. The Kier molecular flexibility index (Phi) is 4.68. The van der Waals surface area contributed by atoms with Gasteiger partial charge in [0, 0.05) is 0 Å². The van der Waals surface area contributed by atoms with Gasteiger partial charge in [-0.05, 0) is 27.4 Å². The van der Waals surface area contributed by atoms with Crippen molar-refractivity contribution in [1.29, 1.82) is 0 Å². The van der Waals surface area contributed by atoms with Crippen LogP contribution in [-0.2, 0) is 0 Å². The molecule has 0 spiro atoms. The quantitative estimate of drug-likeness (QED) is 0.667. The third kappa shape index (κ3) is 3.33. The van der Waals surface area contributed by atoms with Crippen LogP contribution in [0.4, 0.5) is 5.69 Å². The summed E-state index contributed by atoms with van der Waals surface area (Å²) in [6, 6.07) is 9.92. The highest BCUT2D eigenvalue weighted by atomic mass is 79.9. The zero-order valence-corrected chi connectivity index (χ0v) is 12.8. The number of aromatic nitrogens is 2. The summed E-state index contributed by atoms with van der Waals surface area (Å²) in [5, 5.41) is 10.5. The summed E-state index contributed by atoms with van der Waals surface area (Å²) in [7, 11) is 0. The molecule has 0 aliphatic heterocycles. The second-order valence-electron chi connectivity index (χ2n) is 4.56. The average molecular weight is 335 g/mol.